The zero-order valence-corrected chi connectivity index (χ0v) is 11.9. The molecule has 0 unspecified atom stereocenters. The molecular weight excluding hydrogens is 289 g/mol. The molecule has 0 aromatic heterocycles. The van der Waals surface area contributed by atoms with E-state index in [-0.39, 0.29) is 6.04 Å². The second-order valence-electron chi connectivity index (χ2n) is 3.97. The van der Waals surface area contributed by atoms with E-state index >= 15 is 0 Å². The average molecular weight is 302 g/mol. The highest BCUT2D eigenvalue weighted by Gasteiger charge is 2.13. The first-order valence-electron chi connectivity index (χ1n) is 5.49. The molecular formula is C12H13Cl2N3O2. The van der Waals surface area contributed by atoms with Crippen molar-refractivity contribution in [2.75, 3.05) is 0 Å². The summed E-state index contributed by atoms with van der Waals surface area (Å²) in [6.45, 7) is 3.50. The van der Waals surface area contributed by atoms with Crippen LogP contribution in [0, 0.1) is 0 Å². The molecule has 2 amide bonds. The van der Waals surface area contributed by atoms with Crippen molar-refractivity contribution in [2.45, 2.75) is 19.9 Å². The van der Waals surface area contributed by atoms with Gasteiger partial charge < -0.3 is 5.32 Å². The molecule has 2 N–H and O–H groups in total. The molecule has 0 radical (unpaired) electrons. The van der Waals surface area contributed by atoms with E-state index in [4.69, 9.17) is 23.2 Å². The predicted molar refractivity (Wildman–Crippen MR) is 75.5 cm³/mol. The number of nitrogens with zero attached hydrogens (tertiary/aromatic N) is 1. The minimum Gasteiger partial charge on any atom is -0.346 e. The predicted octanol–water partition coefficient (Wildman–Crippen LogP) is 1.97. The molecule has 5 nitrogen and oxygen atoms in total. The third kappa shape index (κ3) is 4.89. The Morgan fingerprint density at radius 2 is 1.95 bits per heavy atom. The van der Waals surface area contributed by atoms with Gasteiger partial charge in [-0.1, -0.05) is 35.3 Å². The lowest BCUT2D eigenvalue weighted by Gasteiger charge is -2.06. The van der Waals surface area contributed by atoms with Crippen molar-refractivity contribution < 1.29 is 9.59 Å². The van der Waals surface area contributed by atoms with Gasteiger partial charge in [-0.05, 0) is 19.9 Å². The van der Waals surface area contributed by atoms with Crippen molar-refractivity contribution in [3.05, 3.63) is 33.8 Å². The zero-order valence-electron chi connectivity index (χ0n) is 10.4. The van der Waals surface area contributed by atoms with Crippen LogP contribution in [0.3, 0.4) is 0 Å². The highest BCUT2D eigenvalue weighted by atomic mass is 35.5. The maximum atomic E-state index is 11.3. The molecule has 7 heteroatoms. The minimum absolute atomic E-state index is 0.121. The lowest BCUT2D eigenvalue weighted by Crippen LogP contribution is -2.41. The largest absolute Gasteiger partial charge is 0.346 e. The molecule has 0 saturated heterocycles. The molecule has 1 aromatic rings. The van der Waals surface area contributed by atoms with Crippen LogP contribution in [0.15, 0.2) is 23.3 Å². The quantitative estimate of drug-likeness (QED) is 0.509. The minimum atomic E-state index is -0.844. The normalized spacial score (nSPS) is 10.8. The monoisotopic (exact) mass is 301 g/mol. The van der Waals surface area contributed by atoms with E-state index < -0.39 is 11.8 Å². The number of nitrogens with one attached hydrogen (secondary N) is 2. The van der Waals surface area contributed by atoms with Gasteiger partial charge >= 0.3 is 11.8 Å². The van der Waals surface area contributed by atoms with Gasteiger partial charge in [-0.2, -0.15) is 5.10 Å². The zero-order chi connectivity index (χ0) is 14.4. The van der Waals surface area contributed by atoms with E-state index in [1.54, 1.807) is 32.0 Å². The van der Waals surface area contributed by atoms with Gasteiger partial charge in [0.25, 0.3) is 0 Å². The lowest BCUT2D eigenvalue weighted by molar-refractivity contribution is -0.139. The standard InChI is InChI=1S/C12H13Cl2N3O2/c1-7(2)16-11(18)12(19)17-15-6-8-4-3-5-9(13)10(8)14/h3-7H,1-2H3,(H,16,18)(H,17,19)/b15-6-. The second-order valence-corrected chi connectivity index (χ2v) is 4.76. The van der Waals surface area contributed by atoms with Gasteiger partial charge in [0.15, 0.2) is 0 Å². The number of rotatable bonds is 3. The number of amides is 2. The van der Waals surface area contributed by atoms with Gasteiger partial charge in [0.2, 0.25) is 0 Å². The fourth-order valence-electron chi connectivity index (χ4n) is 1.16. The van der Waals surface area contributed by atoms with Gasteiger partial charge in [0, 0.05) is 11.6 Å². The molecule has 0 aliphatic carbocycles. The van der Waals surface area contributed by atoms with E-state index in [2.05, 4.69) is 15.8 Å². The van der Waals surface area contributed by atoms with Gasteiger partial charge in [-0.15, -0.1) is 0 Å². The Bertz CT molecular complexity index is 516. The third-order valence-electron chi connectivity index (χ3n) is 1.98. The fraction of sp³-hybridized carbons (Fsp3) is 0.250. The Morgan fingerprint density at radius 1 is 1.26 bits per heavy atom. The molecule has 19 heavy (non-hydrogen) atoms. The van der Waals surface area contributed by atoms with Gasteiger partial charge in [0.1, 0.15) is 0 Å². The van der Waals surface area contributed by atoms with E-state index in [1.807, 2.05) is 0 Å². The molecule has 1 aromatic carbocycles. The van der Waals surface area contributed by atoms with Gasteiger partial charge in [-0.3, -0.25) is 9.59 Å². The van der Waals surface area contributed by atoms with Crippen LogP contribution < -0.4 is 10.7 Å². The molecule has 102 valence electrons. The number of hydrazone groups is 1. The summed E-state index contributed by atoms with van der Waals surface area (Å²) < 4.78 is 0. The number of halogens is 2. The number of hydrogen-bond acceptors (Lipinski definition) is 3. The van der Waals surface area contributed by atoms with Crippen molar-refractivity contribution >= 4 is 41.2 Å². The summed E-state index contributed by atoms with van der Waals surface area (Å²) >= 11 is 11.7. The summed E-state index contributed by atoms with van der Waals surface area (Å²) in [7, 11) is 0. The Kier molecular flexibility index (Phi) is 5.79. The maximum Gasteiger partial charge on any atom is 0.329 e. The first kappa shape index (κ1) is 15.5. The van der Waals surface area contributed by atoms with Gasteiger partial charge in [0.05, 0.1) is 16.3 Å². The van der Waals surface area contributed by atoms with E-state index in [1.165, 1.54) is 6.21 Å². The van der Waals surface area contributed by atoms with Crippen molar-refractivity contribution in [1.82, 2.24) is 10.7 Å². The average Bonchev–Trinajstić information content (AvgIpc) is 2.33. The molecule has 0 fully saturated rings. The Balaban J connectivity index is 2.61. The van der Waals surface area contributed by atoms with Crippen LogP contribution in [-0.4, -0.2) is 24.1 Å². The lowest BCUT2D eigenvalue weighted by atomic mass is 10.2. The second kappa shape index (κ2) is 7.11. The topological polar surface area (TPSA) is 70.6 Å². The van der Waals surface area contributed by atoms with Crippen LogP contribution in [-0.2, 0) is 9.59 Å². The van der Waals surface area contributed by atoms with Crippen molar-refractivity contribution in [2.24, 2.45) is 5.10 Å². The summed E-state index contributed by atoms with van der Waals surface area (Å²) in [6, 6.07) is 4.89. The summed E-state index contributed by atoms with van der Waals surface area (Å²) in [5.41, 5.74) is 2.64. The molecule has 0 aliphatic heterocycles. The van der Waals surface area contributed by atoms with E-state index in [9.17, 15) is 9.59 Å². The van der Waals surface area contributed by atoms with Crippen LogP contribution in [0.25, 0.3) is 0 Å². The maximum absolute atomic E-state index is 11.3. The summed E-state index contributed by atoms with van der Waals surface area (Å²) in [5, 5.41) is 6.79. The molecule has 0 aliphatic rings. The first-order chi connectivity index (χ1) is 8.91. The van der Waals surface area contributed by atoms with Crippen LogP contribution in [0.4, 0.5) is 0 Å². The number of benzene rings is 1. The van der Waals surface area contributed by atoms with Crippen LogP contribution in [0.1, 0.15) is 19.4 Å². The molecule has 1 rings (SSSR count). The first-order valence-corrected chi connectivity index (χ1v) is 6.25. The molecule has 0 bridgehead atoms. The number of hydrogen-bond donors (Lipinski definition) is 2. The number of carbonyl (C=O) groups excluding carboxylic acids is 2. The summed E-state index contributed by atoms with van der Waals surface area (Å²) in [6.07, 6.45) is 1.31. The SMILES string of the molecule is CC(C)NC(=O)C(=O)N/N=C\c1cccc(Cl)c1Cl. The van der Waals surface area contributed by atoms with Crippen molar-refractivity contribution in [3.63, 3.8) is 0 Å². The molecule has 0 heterocycles. The highest BCUT2D eigenvalue weighted by molar-refractivity contribution is 6.43. The molecule has 0 spiro atoms. The van der Waals surface area contributed by atoms with Crippen molar-refractivity contribution in [1.29, 1.82) is 0 Å². The van der Waals surface area contributed by atoms with E-state index in [0.717, 1.165) is 0 Å². The van der Waals surface area contributed by atoms with Crippen molar-refractivity contribution in [3.8, 4) is 0 Å². The Labute approximate surface area is 121 Å². The van der Waals surface area contributed by atoms with Crippen LogP contribution in [0.2, 0.25) is 10.0 Å². The van der Waals surface area contributed by atoms with Crippen LogP contribution >= 0.6 is 23.2 Å². The summed E-state index contributed by atoms with van der Waals surface area (Å²) in [4.78, 5) is 22.6. The van der Waals surface area contributed by atoms with Gasteiger partial charge in [-0.25, -0.2) is 5.43 Å². The molecule has 0 atom stereocenters. The highest BCUT2D eigenvalue weighted by Crippen LogP contribution is 2.23. The molecule has 0 saturated carbocycles. The fourth-order valence-corrected chi connectivity index (χ4v) is 1.52. The van der Waals surface area contributed by atoms with E-state index in [0.29, 0.717) is 15.6 Å². The third-order valence-corrected chi connectivity index (χ3v) is 2.81. The Hall–Kier alpha value is -1.59. The smallest absolute Gasteiger partial charge is 0.329 e. The summed E-state index contributed by atoms with van der Waals surface area (Å²) in [5.74, 6) is -1.59. The Morgan fingerprint density at radius 3 is 2.58 bits per heavy atom. The van der Waals surface area contributed by atoms with Crippen LogP contribution in [0.5, 0.6) is 0 Å². The number of carbonyl (C=O) groups is 2.